The fourth-order valence-electron chi connectivity index (χ4n) is 1.46. The minimum absolute atomic E-state index is 0.393. The van der Waals surface area contributed by atoms with Crippen LogP contribution in [-0.4, -0.2) is 48.6 Å². The minimum atomic E-state index is -3.15. The summed E-state index contributed by atoms with van der Waals surface area (Å²) in [5.74, 6) is -0.205. The van der Waals surface area contributed by atoms with E-state index < -0.39 is 16.0 Å². The molecular formula is C10H17FN4O2S. The Labute approximate surface area is 106 Å². The molecule has 0 amide bonds. The van der Waals surface area contributed by atoms with E-state index in [1.165, 1.54) is 16.6 Å². The molecule has 1 rings (SSSR count). The van der Waals surface area contributed by atoms with Gasteiger partial charge in [-0.1, -0.05) is 6.92 Å². The maximum Gasteiger partial charge on any atom is 0.217 e. The van der Waals surface area contributed by atoms with Crippen molar-refractivity contribution in [3.63, 3.8) is 0 Å². The lowest BCUT2D eigenvalue weighted by molar-refractivity contribution is 0.428. The van der Waals surface area contributed by atoms with Gasteiger partial charge >= 0.3 is 0 Å². The summed E-state index contributed by atoms with van der Waals surface area (Å²) in [5.41, 5.74) is 0. The molecule has 0 aromatic carbocycles. The molecule has 1 aromatic heterocycles. The zero-order valence-corrected chi connectivity index (χ0v) is 11.2. The van der Waals surface area contributed by atoms with Gasteiger partial charge in [-0.15, -0.1) is 0 Å². The lowest BCUT2D eigenvalue weighted by atomic mass is 10.4. The molecule has 102 valence electrons. The van der Waals surface area contributed by atoms with Crippen LogP contribution in [0.15, 0.2) is 12.4 Å². The Bertz CT molecular complexity index is 481. The number of hydrogen-bond acceptors (Lipinski definition) is 5. The summed E-state index contributed by atoms with van der Waals surface area (Å²) < 4.78 is 36.7. The van der Waals surface area contributed by atoms with Crippen molar-refractivity contribution in [1.29, 1.82) is 0 Å². The summed E-state index contributed by atoms with van der Waals surface area (Å²) >= 11 is 0. The Morgan fingerprint density at radius 1 is 1.44 bits per heavy atom. The van der Waals surface area contributed by atoms with Gasteiger partial charge in [0.15, 0.2) is 0 Å². The van der Waals surface area contributed by atoms with Crippen LogP contribution in [0.2, 0.25) is 0 Å². The quantitative estimate of drug-likeness (QED) is 0.586. The molecule has 0 aliphatic carbocycles. The van der Waals surface area contributed by atoms with E-state index in [4.69, 9.17) is 0 Å². The third-order valence-corrected chi connectivity index (χ3v) is 3.72. The predicted molar refractivity (Wildman–Crippen MR) is 67.2 cm³/mol. The van der Waals surface area contributed by atoms with Crippen molar-refractivity contribution in [3.8, 4) is 0 Å². The Kier molecular flexibility index (Phi) is 5.42. The molecule has 1 heterocycles. The van der Waals surface area contributed by atoms with Gasteiger partial charge in [0, 0.05) is 25.7 Å². The van der Waals surface area contributed by atoms with Gasteiger partial charge in [-0.2, -0.15) is 4.39 Å². The summed E-state index contributed by atoms with van der Waals surface area (Å²) in [7, 11) is -3.15. The zero-order chi connectivity index (χ0) is 13.6. The summed E-state index contributed by atoms with van der Waals surface area (Å²) in [4.78, 5) is 7.17. The van der Waals surface area contributed by atoms with E-state index >= 15 is 0 Å². The Hall–Kier alpha value is -1.28. The van der Waals surface area contributed by atoms with Gasteiger partial charge in [0.25, 0.3) is 0 Å². The van der Waals surface area contributed by atoms with Crippen LogP contribution in [0, 0.1) is 5.95 Å². The van der Waals surface area contributed by atoms with Gasteiger partial charge in [-0.25, -0.2) is 22.7 Å². The number of hydrogen-bond donors (Lipinski definition) is 1. The summed E-state index contributed by atoms with van der Waals surface area (Å²) in [6.45, 7) is 3.17. The first-order valence-electron chi connectivity index (χ1n) is 5.60. The number of nitrogens with one attached hydrogen (secondary N) is 1. The smallest absolute Gasteiger partial charge is 0.217 e. The molecule has 0 aliphatic rings. The van der Waals surface area contributed by atoms with E-state index in [0.717, 1.165) is 6.33 Å². The van der Waals surface area contributed by atoms with Crippen molar-refractivity contribution < 1.29 is 12.8 Å². The monoisotopic (exact) mass is 276 g/mol. The fourth-order valence-corrected chi connectivity index (χ4v) is 2.39. The summed E-state index contributed by atoms with van der Waals surface area (Å²) in [5, 5.41) is 2.90. The molecule has 0 bridgehead atoms. The molecular weight excluding hydrogens is 259 g/mol. The molecule has 0 saturated heterocycles. The number of anilines is 1. The van der Waals surface area contributed by atoms with Crippen molar-refractivity contribution in [1.82, 2.24) is 14.3 Å². The molecule has 1 N–H and O–H groups in total. The van der Waals surface area contributed by atoms with Crippen molar-refractivity contribution in [2.24, 2.45) is 0 Å². The molecule has 18 heavy (non-hydrogen) atoms. The second-order valence-electron chi connectivity index (χ2n) is 3.76. The largest absolute Gasteiger partial charge is 0.370 e. The molecule has 6 nitrogen and oxygen atoms in total. The van der Waals surface area contributed by atoms with E-state index in [1.807, 2.05) is 0 Å². The first kappa shape index (κ1) is 14.8. The highest BCUT2D eigenvalue weighted by molar-refractivity contribution is 7.88. The molecule has 0 saturated carbocycles. The fraction of sp³-hybridized carbons (Fsp3) is 0.600. The molecule has 0 aliphatic heterocycles. The van der Waals surface area contributed by atoms with Gasteiger partial charge < -0.3 is 5.32 Å². The van der Waals surface area contributed by atoms with E-state index in [-0.39, 0.29) is 0 Å². The number of halogens is 1. The van der Waals surface area contributed by atoms with Crippen molar-refractivity contribution in [2.75, 3.05) is 31.2 Å². The maximum atomic E-state index is 12.7. The molecule has 8 heteroatoms. The van der Waals surface area contributed by atoms with Crippen LogP contribution in [0.5, 0.6) is 0 Å². The van der Waals surface area contributed by atoms with Crippen LogP contribution in [-0.2, 0) is 10.0 Å². The average molecular weight is 276 g/mol. The van der Waals surface area contributed by atoms with Crippen LogP contribution in [0.4, 0.5) is 10.2 Å². The topological polar surface area (TPSA) is 75.2 Å². The van der Waals surface area contributed by atoms with Crippen molar-refractivity contribution >= 4 is 15.8 Å². The second-order valence-corrected chi connectivity index (χ2v) is 5.74. The van der Waals surface area contributed by atoms with Crippen molar-refractivity contribution in [3.05, 3.63) is 18.3 Å². The van der Waals surface area contributed by atoms with E-state index in [0.29, 0.717) is 31.9 Å². The SMILES string of the molecule is CCN(CCCNc1cc(F)ncn1)S(C)(=O)=O. The van der Waals surface area contributed by atoms with Crippen LogP contribution < -0.4 is 5.32 Å². The highest BCUT2D eigenvalue weighted by atomic mass is 32.2. The van der Waals surface area contributed by atoms with E-state index in [1.54, 1.807) is 6.92 Å². The normalized spacial score (nSPS) is 11.8. The lowest BCUT2D eigenvalue weighted by Gasteiger charge is -2.17. The minimum Gasteiger partial charge on any atom is -0.370 e. The number of sulfonamides is 1. The highest BCUT2D eigenvalue weighted by Crippen LogP contribution is 2.03. The second kappa shape index (κ2) is 6.60. The third-order valence-electron chi connectivity index (χ3n) is 2.35. The standard InChI is InChI=1S/C10H17FN4O2S/c1-3-15(18(2,16)17)6-4-5-12-10-7-9(11)13-8-14-10/h7-8H,3-6H2,1-2H3,(H,12,13,14). The van der Waals surface area contributed by atoms with E-state index in [2.05, 4.69) is 15.3 Å². The van der Waals surface area contributed by atoms with Gasteiger partial charge in [0.2, 0.25) is 16.0 Å². The Morgan fingerprint density at radius 2 is 2.17 bits per heavy atom. The van der Waals surface area contributed by atoms with Gasteiger partial charge in [0.1, 0.15) is 12.1 Å². The van der Waals surface area contributed by atoms with Gasteiger partial charge in [0.05, 0.1) is 6.26 Å². The molecule has 0 fully saturated rings. The van der Waals surface area contributed by atoms with Gasteiger partial charge in [-0.05, 0) is 6.42 Å². The van der Waals surface area contributed by atoms with Crippen LogP contribution in [0.1, 0.15) is 13.3 Å². The van der Waals surface area contributed by atoms with Gasteiger partial charge in [-0.3, -0.25) is 0 Å². The van der Waals surface area contributed by atoms with Crippen molar-refractivity contribution in [2.45, 2.75) is 13.3 Å². The summed E-state index contributed by atoms with van der Waals surface area (Å²) in [6.07, 6.45) is 2.93. The van der Waals surface area contributed by atoms with Crippen LogP contribution >= 0.6 is 0 Å². The maximum absolute atomic E-state index is 12.7. The molecule has 0 radical (unpaired) electrons. The number of rotatable bonds is 7. The number of nitrogens with zero attached hydrogens (tertiary/aromatic N) is 3. The number of aromatic nitrogens is 2. The third kappa shape index (κ3) is 4.92. The highest BCUT2D eigenvalue weighted by Gasteiger charge is 2.12. The Morgan fingerprint density at radius 3 is 2.72 bits per heavy atom. The Balaban J connectivity index is 2.35. The average Bonchev–Trinajstić information content (AvgIpc) is 2.27. The summed E-state index contributed by atoms with van der Waals surface area (Å²) in [6, 6.07) is 1.19. The first-order valence-corrected chi connectivity index (χ1v) is 7.45. The molecule has 1 aromatic rings. The molecule has 0 unspecified atom stereocenters. The lowest BCUT2D eigenvalue weighted by Crippen LogP contribution is -2.31. The van der Waals surface area contributed by atoms with Crippen LogP contribution in [0.3, 0.4) is 0 Å². The predicted octanol–water partition coefficient (Wildman–Crippen LogP) is 0.699. The first-order chi connectivity index (χ1) is 8.43. The van der Waals surface area contributed by atoms with E-state index in [9.17, 15) is 12.8 Å². The van der Waals surface area contributed by atoms with Crippen LogP contribution in [0.25, 0.3) is 0 Å². The molecule has 0 spiro atoms. The zero-order valence-electron chi connectivity index (χ0n) is 10.4. The molecule has 0 atom stereocenters.